The molecule has 2 aromatic rings. The van der Waals surface area contributed by atoms with E-state index in [0.29, 0.717) is 29.7 Å². The van der Waals surface area contributed by atoms with Crippen LogP contribution >= 0.6 is 0 Å². The summed E-state index contributed by atoms with van der Waals surface area (Å²) in [5.74, 6) is -0.204. The molecule has 10 heteroatoms. The van der Waals surface area contributed by atoms with Crippen molar-refractivity contribution in [1.82, 2.24) is 0 Å². The maximum absolute atomic E-state index is 10.2. The van der Waals surface area contributed by atoms with Gasteiger partial charge in [-0.3, -0.25) is 0 Å². The Kier molecular flexibility index (Phi) is 5.82. The second kappa shape index (κ2) is 8.40. The van der Waals surface area contributed by atoms with Crippen molar-refractivity contribution < 1.29 is 50.0 Å². The van der Waals surface area contributed by atoms with E-state index in [4.69, 9.17) is 14.2 Å². The van der Waals surface area contributed by atoms with E-state index < -0.39 is 43.4 Å². The summed E-state index contributed by atoms with van der Waals surface area (Å²) in [5, 5.41) is 68.8. The van der Waals surface area contributed by atoms with Crippen molar-refractivity contribution in [2.45, 2.75) is 49.7 Å². The molecule has 0 bridgehead atoms. The third-order valence-electron chi connectivity index (χ3n) is 5.54. The van der Waals surface area contributed by atoms with Crippen LogP contribution in [0.1, 0.15) is 23.7 Å². The second-order valence-corrected chi connectivity index (χ2v) is 7.63. The zero-order valence-corrected chi connectivity index (χ0v) is 16.3. The molecule has 4 rings (SSSR count). The quantitative estimate of drug-likeness (QED) is 0.325. The van der Waals surface area contributed by atoms with Gasteiger partial charge in [-0.2, -0.15) is 0 Å². The molecule has 0 aliphatic carbocycles. The van der Waals surface area contributed by atoms with E-state index >= 15 is 0 Å². The van der Waals surface area contributed by atoms with Gasteiger partial charge in [-0.05, 0) is 30.5 Å². The number of fused-ring (bicyclic) bond motifs is 1. The minimum Gasteiger partial charge on any atom is -0.508 e. The Morgan fingerprint density at radius 1 is 0.935 bits per heavy atom. The van der Waals surface area contributed by atoms with Crippen molar-refractivity contribution in [1.29, 1.82) is 0 Å². The molecular weight excluding hydrogens is 412 g/mol. The number of phenols is 3. The molecule has 2 aliphatic rings. The zero-order chi connectivity index (χ0) is 22.3. The van der Waals surface area contributed by atoms with E-state index in [2.05, 4.69) is 0 Å². The van der Waals surface area contributed by atoms with Gasteiger partial charge in [0.05, 0.1) is 6.61 Å². The number of rotatable bonds is 4. The van der Waals surface area contributed by atoms with Crippen molar-refractivity contribution in [3.63, 3.8) is 0 Å². The Morgan fingerprint density at radius 3 is 2.42 bits per heavy atom. The van der Waals surface area contributed by atoms with Crippen molar-refractivity contribution in [2.75, 3.05) is 6.61 Å². The highest BCUT2D eigenvalue weighted by atomic mass is 16.7. The minimum atomic E-state index is -1.59. The summed E-state index contributed by atoms with van der Waals surface area (Å²) >= 11 is 0. The molecule has 10 nitrogen and oxygen atoms in total. The second-order valence-electron chi connectivity index (χ2n) is 7.63. The Balaban J connectivity index is 1.58. The molecule has 0 unspecified atom stereocenters. The molecule has 0 radical (unpaired) electrons. The van der Waals surface area contributed by atoms with Gasteiger partial charge in [0.15, 0.2) is 11.5 Å². The molecule has 0 saturated carbocycles. The SMILES string of the molecule is OC[C@H]1O[C@@H](Oc2cc(O)cc3c2CC[C@@H](c2ccc(O)c(O)c2)O3)[C@H](O)[C@@H](O)[C@@H]1O. The normalized spacial score (nSPS) is 30.3. The molecule has 6 atom stereocenters. The smallest absolute Gasteiger partial charge is 0.229 e. The van der Waals surface area contributed by atoms with Crippen LogP contribution in [-0.4, -0.2) is 73.1 Å². The number of aliphatic hydroxyl groups is 4. The molecule has 31 heavy (non-hydrogen) atoms. The molecule has 0 aromatic heterocycles. The topological polar surface area (TPSA) is 169 Å². The average molecular weight is 436 g/mol. The van der Waals surface area contributed by atoms with Gasteiger partial charge in [-0.15, -0.1) is 0 Å². The van der Waals surface area contributed by atoms with E-state index in [9.17, 15) is 35.7 Å². The summed E-state index contributed by atoms with van der Waals surface area (Å²) in [6.45, 7) is -0.590. The lowest BCUT2D eigenvalue weighted by Gasteiger charge is -2.40. The molecule has 2 heterocycles. The third kappa shape index (κ3) is 4.08. The van der Waals surface area contributed by atoms with Gasteiger partial charge in [-0.1, -0.05) is 6.07 Å². The molecule has 2 aromatic carbocycles. The number of phenolic OH excluding ortho intramolecular Hbond substituents is 3. The Hall–Kier alpha value is -2.76. The first kappa shape index (κ1) is 21.5. The van der Waals surface area contributed by atoms with Crippen molar-refractivity contribution >= 4 is 0 Å². The maximum Gasteiger partial charge on any atom is 0.229 e. The summed E-state index contributed by atoms with van der Waals surface area (Å²) in [6.07, 6.45) is -6.71. The lowest BCUT2D eigenvalue weighted by molar-refractivity contribution is -0.277. The third-order valence-corrected chi connectivity index (χ3v) is 5.54. The largest absolute Gasteiger partial charge is 0.508 e. The number of aliphatic hydroxyl groups excluding tert-OH is 4. The van der Waals surface area contributed by atoms with Crippen LogP contribution in [0.3, 0.4) is 0 Å². The van der Waals surface area contributed by atoms with E-state index in [1.807, 2.05) is 0 Å². The Morgan fingerprint density at radius 2 is 1.71 bits per heavy atom. The fourth-order valence-corrected chi connectivity index (χ4v) is 3.82. The predicted octanol–water partition coefficient (Wildman–Crippen LogP) is 0.0484. The minimum absolute atomic E-state index is 0.159. The van der Waals surface area contributed by atoms with Crippen LogP contribution < -0.4 is 9.47 Å². The van der Waals surface area contributed by atoms with Crippen LogP contribution in [0, 0.1) is 0 Å². The summed E-state index contributed by atoms with van der Waals surface area (Å²) in [4.78, 5) is 0. The molecule has 0 amide bonds. The molecule has 2 aliphatic heterocycles. The summed E-state index contributed by atoms with van der Waals surface area (Å²) < 4.78 is 17.0. The fourth-order valence-electron chi connectivity index (χ4n) is 3.82. The van der Waals surface area contributed by atoms with Gasteiger partial charge in [-0.25, -0.2) is 0 Å². The number of hydrogen-bond donors (Lipinski definition) is 7. The highest BCUT2D eigenvalue weighted by Gasteiger charge is 2.45. The fraction of sp³-hybridized carbons (Fsp3) is 0.429. The van der Waals surface area contributed by atoms with Crippen molar-refractivity contribution in [3.8, 4) is 28.7 Å². The number of aromatic hydroxyl groups is 3. The van der Waals surface area contributed by atoms with Crippen LogP contribution in [0.4, 0.5) is 0 Å². The molecular formula is C21H24O10. The summed E-state index contributed by atoms with van der Waals surface area (Å²) in [5.41, 5.74) is 1.23. The Labute approximate surface area is 177 Å². The molecule has 1 saturated heterocycles. The van der Waals surface area contributed by atoms with Gasteiger partial charge in [0.1, 0.15) is 47.8 Å². The van der Waals surface area contributed by atoms with Crippen LogP contribution in [0.15, 0.2) is 30.3 Å². The van der Waals surface area contributed by atoms with E-state index in [0.717, 1.165) is 0 Å². The zero-order valence-electron chi connectivity index (χ0n) is 16.3. The van der Waals surface area contributed by atoms with E-state index in [-0.39, 0.29) is 23.0 Å². The van der Waals surface area contributed by atoms with Crippen LogP contribution in [0.5, 0.6) is 28.7 Å². The van der Waals surface area contributed by atoms with Crippen LogP contribution in [0.25, 0.3) is 0 Å². The first-order valence-electron chi connectivity index (χ1n) is 9.80. The van der Waals surface area contributed by atoms with Gasteiger partial charge in [0.25, 0.3) is 0 Å². The van der Waals surface area contributed by atoms with Crippen LogP contribution in [0.2, 0.25) is 0 Å². The first-order valence-corrected chi connectivity index (χ1v) is 9.80. The lowest BCUT2D eigenvalue weighted by Crippen LogP contribution is -2.60. The highest BCUT2D eigenvalue weighted by Crippen LogP contribution is 2.43. The lowest BCUT2D eigenvalue weighted by atomic mass is 9.96. The van der Waals surface area contributed by atoms with Gasteiger partial charge in [0, 0.05) is 17.7 Å². The number of benzene rings is 2. The summed E-state index contributed by atoms with van der Waals surface area (Å²) in [6, 6.07) is 7.11. The first-order chi connectivity index (χ1) is 14.8. The standard InChI is InChI=1S/C21H24O10/c22-8-17-18(26)19(27)20(28)21(31-17)30-16-7-10(23)6-15-11(16)2-4-14(29-15)9-1-3-12(24)13(25)5-9/h1,3,5-7,14,17-28H,2,4,8H2/t14-,17+,18+,19-,20+,21+/m0/s1. The maximum atomic E-state index is 10.2. The van der Waals surface area contributed by atoms with Crippen molar-refractivity contribution in [3.05, 3.63) is 41.5 Å². The van der Waals surface area contributed by atoms with Gasteiger partial charge in [0.2, 0.25) is 6.29 Å². The highest BCUT2D eigenvalue weighted by molar-refractivity contribution is 5.52. The average Bonchev–Trinajstić information content (AvgIpc) is 2.75. The van der Waals surface area contributed by atoms with Crippen molar-refractivity contribution in [2.24, 2.45) is 0 Å². The molecule has 0 spiro atoms. The van der Waals surface area contributed by atoms with Gasteiger partial charge < -0.3 is 50.0 Å². The molecule has 168 valence electrons. The Bertz CT molecular complexity index is 946. The number of hydrogen-bond acceptors (Lipinski definition) is 10. The van der Waals surface area contributed by atoms with Crippen LogP contribution in [-0.2, 0) is 11.2 Å². The van der Waals surface area contributed by atoms with E-state index in [1.165, 1.54) is 24.3 Å². The van der Waals surface area contributed by atoms with E-state index in [1.54, 1.807) is 6.07 Å². The number of ether oxygens (including phenoxy) is 3. The summed E-state index contributed by atoms with van der Waals surface area (Å²) in [7, 11) is 0. The monoisotopic (exact) mass is 436 g/mol. The predicted molar refractivity (Wildman–Crippen MR) is 104 cm³/mol. The molecule has 1 fully saturated rings. The van der Waals surface area contributed by atoms with Gasteiger partial charge >= 0.3 is 0 Å². The molecule has 7 N–H and O–H groups in total.